The number of nitrogens with one attached hydrogen (secondary N) is 1. The van der Waals surface area contributed by atoms with Crippen molar-refractivity contribution in [1.82, 2.24) is 10.2 Å². The fourth-order valence-electron chi connectivity index (χ4n) is 3.04. The molecule has 118 valence electrons. The molecule has 0 amide bonds. The summed E-state index contributed by atoms with van der Waals surface area (Å²) in [5, 5.41) is 4.29. The van der Waals surface area contributed by atoms with Gasteiger partial charge in [-0.25, -0.2) is 0 Å². The first kappa shape index (κ1) is 17.3. The number of hydrogen-bond donors (Lipinski definition) is 1. The summed E-state index contributed by atoms with van der Waals surface area (Å²) in [6, 6.07) is 6.96. The molecule has 0 spiro atoms. The molecule has 1 fully saturated rings. The fourth-order valence-corrected chi connectivity index (χ4v) is 3.49. The van der Waals surface area contributed by atoms with Crippen LogP contribution in [0.5, 0.6) is 0 Å². The Hall–Kier alpha value is -0.0900. The van der Waals surface area contributed by atoms with Gasteiger partial charge in [0.05, 0.1) is 5.02 Å². The van der Waals surface area contributed by atoms with E-state index in [-0.39, 0.29) is 0 Å². The van der Waals surface area contributed by atoms with Gasteiger partial charge in [-0.15, -0.1) is 0 Å². The number of nitrogens with zero attached hydrogens (tertiary/aromatic N) is 1. The van der Waals surface area contributed by atoms with Crippen LogP contribution in [0, 0.1) is 0 Å². The van der Waals surface area contributed by atoms with E-state index < -0.39 is 0 Å². The molecule has 1 aromatic rings. The van der Waals surface area contributed by atoms with Gasteiger partial charge < -0.3 is 10.2 Å². The maximum absolute atomic E-state index is 6.10. The predicted molar refractivity (Wildman–Crippen MR) is 95.0 cm³/mol. The highest BCUT2D eigenvalue weighted by molar-refractivity contribution is 9.10. The van der Waals surface area contributed by atoms with E-state index in [0.29, 0.717) is 0 Å². The molecular formula is C17H26BrClN2. The van der Waals surface area contributed by atoms with Crippen LogP contribution in [-0.4, -0.2) is 31.1 Å². The van der Waals surface area contributed by atoms with Crippen molar-refractivity contribution in [3.05, 3.63) is 33.3 Å². The largest absolute Gasteiger partial charge is 0.313 e. The molecule has 0 heterocycles. The van der Waals surface area contributed by atoms with E-state index >= 15 is 0 Å². The van der Waals surface area contributed by atoms with Gasteiger partial charge in [-0.2, -0.15) is 0 Å². The lowest BCUT2D eigenvalue weighted by Gasteiger charge is -2.31. The van der Waals surface area contributed by atoms with Crippen molar-refractivity contribution in [3.8, 4) is 0 Å². The molecule has 1 aliphatic carbocycles. The highest BCUT2D eigenvalue weighted by Crippen LogP contribution is 2.23. The highest BCUT2D eigenvalue weighted by atomic mass is 79.9. The Morgan fingerprint density at radius 2 is 2.05 bits per heavy atom. The third-order valence-electron chi connectivity index (χ3n) is 4.38. The predicted octanol–water partition coefficient (Wildman–Crippen LogP) is 4.85. The van der Waals surface area contributed by atoms with Crippen LogP contribution in [0.4, 0.5) is 0 Å². The summed E-state index contributed by atoms with van der Waals surface area (Å²) in [4.78, 5) is 2.55. The lowest BCUT2D eigenvalue weighted by Crippen LogP contribution is -2.35. The van der Waals surface area contributed by atoms with Crippen molar-refractivity contribution in [2.45, 2.75) is 51.1 Å². The lowest BCUT2D eigenvalue weighted by atomic mass is 9.94. The van der Waals surface area contributed by atoms with Gasteiger partial charge in [0.15, 0.2) is 0 Å². The fraction of sp³-hybridized carbons (Fsp3) is 0.647. The Kier molecular flexibility index (Phi) is 7.51. The monoisotopic (exact) mass is 372 g/mol. The van der Waals surface area contributed by atoms with Gasteiger partial charge in [-0.1, -0.05) is 36.9 Å². The van der Waals surface area contributed by atoms with Crippen LogP contribution < -0.4 is 5.32 Å². The van der Waals surface area contributed by atoms with Crippen molar-refractivity contribution in [2.24, 2.45) is 0 Å². The zero-order valence-corrected chi connectivity index (χ0v) is 15.2. The van der Waals surface area contributed by atoms with E-state index in [0.717, 1.165) is 28.6 Å². The van der Waals surface area contributed by atoms with Crippen LogP contribution in [-0.2, 0) is 6.54 Å². The first-order valence-corrected chi connectivity index (χ1v) is 9.19. The molecular weight excluding hydrogens is 348 g/mol. The second kappa shape index (κ2) is 9.14. The molecule has 0 aliphatic heterocycles. The summed E-state index contributed by atoms with van der Waals surface area (Å²) < 4.78 is 0.960. The SMILES string of the molecule is CN(CCCNCc1ccc(Br)c(Cl)c1)C1CCCCC1. The normalized spacial score (nSPS) is 16.6. The summed E-state index contributed by atoms with van der Waals surface area (Å²) in [5.41, 5.74) is 1.24. The number of hydrogen-bond acceptors (Lipinski definition) is 2. The first-order chi connectivity index (χ1) is 10.2. The second-order valence-corrected chi connectivity index (χ2v) is 7.31. The van der Waals surface area contributed by atoms with Crippen LogP contribution in [0.15, 0.2) is 22.7 Å². The third kappa shape index (κ3) is 5.90. The van der Waals surface area contributed by atoms with E-state index in [4.69, 9.17) is 11.6 Å². The van der Waals surface area contributed by atoms with Crippen molar-refractivity contribution < 1.29 is 0 Å². The Morgan fingerprint density at radius 3 is 2.76 bits per heavy atom. The number of benzene rings is 1. The molecule has 0 bridgehead atoms. The first-order valence-electron chi connectivity index (χ1n) is 8.01. The quantitative estimate of drug-likeness (QED) is 0.687. The topological polar surface area (TPSA) is 15.3 Å². The summed E-state index contributed by atoms with van der Waals surface area (Å²) in [5.74, 6) is 0. The van der Waals surface area contributed by atoms with E-state index in [1.807, 2.05) is 12.1 Å². The second-order valence-electron chi connectivity index (χ2n) is 6.05. The molecule has 1 aliphatic rings. The molecule has 0 unspecified atom stereocenters. The maximum Gasteiger partial charge on any atom is 0.0551 e. The van der Waals surface area contributed by atoms with Gasteiger partial charge in [0.1, 0.15) is 0 Å². The molecule has 0 aromatic heterocycles. The van der Waals surface area contributed by atoms with Crippen molar-refractivity contribution in [3.63, 3.8) is 0 Å². The minimum Gasteiger partial charge on any atom is -0.313 e. The Bertz CT molecular complexity index is 433. The molecule has 21 heavy (non-hydrogen) atoms. The van der Waals surface area contributed by atoms with Crippen molar-refractivity contribution >= 4 is 27.5 Å². The van der Waals surface area contributed by atoms with Gasteiger partial charge in [0.25, 0.3) is 0 Å². The molecule has 4 heteroatoms. The van der Waals surface area contributed by atoms with E-state index in [1.165, 1.54) is 50.6 Å². The van der Waals surface area contributed by atoms with Crippen LogP contribution in [0.3, 0.4) is 0 Å². The van der Waals surface area contributed by atoms with Crippen molar-refractivity contribution in [1.29, 1.82) is 0 Å². The van der Waals surface area contributed by atoms with Crippen LogP contribution in [0.1, 0.15) is 44.1 Å². The maximum atomic E-state index is 6.10. The molecule has 1 aromatic carbocycles. The minimum atomic E-state index is 0.784. The van der Waals surface area contributed by atoms with E-state index in [2.05, 4.69) is 39.3 Å². The molecule has 2 rings (SSSR count). The summed E-state index contributed by atoms with van der Waals surface area (Å²) in [7, 11) is 2.28. The van der Waals surface area contributed by atoms with Crippen LogP contribution in [0.2, 0.25) is 5.02 Å². The molecule has 1 saturated carbocycles. The van der Waals surface area contributed by atoms with Crippen molar-refractivity contribution in [2.75, 3.05) is 20.1 Å². The van der Waals surface area contributed by atoms with Crippen LogP contribution in [0.25, 0.3) is 0 Å². The highest BCUT2D eigenvalue weighted by Gasteiger charge is 2.16. The summed E-state index contributed by atoms with van der Waals surface area (Å²) in [6.07, 6.45) is 8.25. The van der Waals surface area contributed by atoms with E-state index in [1.54, 1.807) is 0 Å². The molecule has 0 atom stereocenters. The molecule has 1 N–H and O–H groups in total. The smallest absolute Gasteiger partial charge is 0.0551 e. The molecule has 0 saturated heterocycles. The Balaban J connectivity index is 1.60. The summed E-state index contributed by atoms with van der Waals surface area (Å²) in [6.45, 7) is 3.14. The lowest BCUT2D eigenvalue weighted by molar-refractivity contribution is 0.189. The Morgan fingerprint density at radius 1 is 1.29 bits per heavy atom. The van der Waals surface area contributed by atoms with Gasteiger partial charge in [-0.3, -0.25) is 0 Å². The van der Waals surface area contributed by atoms with E-state index in [9.17, 15) is 0 Å². The van der Waals surface area contributed by atoms with Crippen LogP contribution >= 0.6 is 27.5 Å². The number of rotatable bonds is 7. The Labute approximate surface area is 142 Å². The van der Waals surface area contributed by atoms with Gasteiger partial charge in [0, 0.05) is 17.1 Å². The average Bonchev–Trinajstić information content (AvgIpc) is 2.51. The summed E-state index contributed by atoms with van der Waals surface area (Å²) >= 11 is 9.52. The third-order valence-corrected chi connectivity index (χ3v) is 5.61. The van der Waals surface area contributed by atoms with Gasteiger partial charge >= 0.3 is 0 Å². The minimum absolute atomic E-state index is 0.784. The van der Waals surface area contributed by atoms with Gasteiger partial charge in [-0.05, 0) is 73.0 Å². The molecule has 0 radical (unpaired) electrons. The van der Waals surface area contributed by atoms with Gasteiger partial charge in [0.2, 0.25) is 0 Å². The zero-order chi connectivity index (χ0) is 15.1. The standard InChI is InChI=1S/C17H26BrClN2/c1-21(15-6-3-2-4-7-15)11-5-10-20-13-14-8-9-16(18)17(19)12-14/h8-9,12,15,20H,2-7,10-11,13H2,1H3. The average molecular weight is 374 g/mol. The zero-order valence-electron chi connectivity index (χ0n) is 12.9. The number of halogens is 2. The molecule has 2 nitrogen and oxygen atoms in total.